The molecular formula is C58H52N6O. The minimum atomic E-state index is -0.0737. The SMILES string of the molecule is CCc1cccc(CC)c1N.CCc1cccc(CC)c1N=C(c1ccccc1)c1ccc2ccc3cccnc3c2n1.O=C(c1ccccc1)c1ccc2ccc3cccnc3c2n1. The third kappa shape index (κ3) is 9.70. The Kier molecular flexibility index (Phi) is 13.8. The van der Waals surface area contributed by atoms with Gasteiger partial charge in [0.05, 0.1) is 39.2 Å². The Bertz CT molecular complexity index is 3250. The highest BCUT2D eigenvalue weighted by atomic mass is 16.1. The van der Waals surface area contributed by atoms with Gasteiger partial charge in [-0.1, -0.05) is 173 Å². The van der Waals surface area contributed by atoms with E-state index in [1.165, 1.54) is 22.3 Å². The molecule has 0 bridgehead atoms. The molecule has 4 aromatic heterocycles. The molecule has 0 atom stereocenters. The molecule has 0 fully saturated rings. The van der Waals surface area contributed by atoms with Crippen LogP contribution in [-0.2, 0) is 25.7 Å². The molecule has 0 aliphatic rings. The van der Waals surface area contributed by atoms with Crippen molar-refractivity contribution >= 4 is 66.5 Å². The fourth-order valence-electron chi connectivity index (χ4n) is 8.06. The van der Waals surface area contributed by atoms with E-state index in [1.54, 1.807) is 24.4 Å². The predicted molar refractivity (Wildman–Crippen MR) is 271 cm³/mol. The molecule has 65 heavy (non-hydrogen) atoms. The fourth-order valence-corrected chi connectivity index (χ4v) is 8.06. The number of fused-ring (bicyclic) bond motifs is 6. The molecule has 4 heterocycles. The van der Waals surface area contributed by atoms with E-state index in [2.05, 4.69) is 134 Å². The molecular weight excluding hydrogens is 797 g/mol. The number of rotatable bonds is 9. The summed E-state index contributed by atoms with van der Waals surface area (Å²) in [4.78, 5) is 36.5. The molecule has 0 saturated heterocycles. The normalized spacial score (nSPS) is 11.2. The van der Waals surface area contributed by atoms with Crippen molar-refractivity contribution in [2.75, 3.05) is 5.73 Å². The highest BCUT2D eigenvalue weighted by Gasteiger charge is 2.15. The molecule has 0 unspecified atom stereocenters. The van der Waals surface area contributed by atoms with Crippen LogP contribution in [0.4, 0.5) is 11.4 Å². The van der Waals surface area contributed by atoms with Crippen LogP contribution in [0.2, 0.25) is 0 Å². The number of ketones is 1. The van der Waals surface area contributed by atoms with Gasteiger partial charge >= 0.3 is 0 Å². The highest BCUT2D eigenvalue weighted by molar-refractivity contribution is 6.15. The van der Waals surface area contributed by atoms with Crippen LogP contribution in [0.5, 0.6) is 0 Å². The first kappa shape index (κ1) is 43.7. The van der Waals surface area contributed by atoms with Gasteiger partial charge in [-0.15, -0.1) is 0 Å². The van der Waals surface area contributed by atoms with Crippen molar-refractivity contribution in [2.45, 2.75) is 53.4 Å². The van der Waals surface area contributed by atoms with E-state index in [9.17, 15) is 4.79 Å². The average Bonchev–Trinajstić information content (AvgIpc) is 3.38. The van der Waals surface area contributed by atoms with E-state index in [4.69, 9.17) is 15.7 Å². The average molecular weight is 849 g/mol. The summed E-state index contributed by atoms with van der Waals surface area (Å²) in [5.74, 6) is -0.0737. The second-order valence-corrected chi connectivity index (χ2v) is 15.7. The zero-order valence-electron chi connectivity index (χ0n) is 37.4. The third-order valence-electron chi connectivity index (χ3n) is 11.7. The number of nitrogen functional groups attached to an aromatic ring is 1. The Balaban J connectivity index is 0.000000150. The number of carbonyl (C=O) groups is 1. The molecule has 0 amide bonds. The lowest BCUT2D eigenvalue weighted by atomic mass is 10.0. The van der Waals surface area contributed by atoms with Crippen molar-refractivity contribution in [2.24, 2.45) is 4.99 Å². The van der Waals surface area contributed by atoms with E-state index in [-0.39, 0.29) is 5.78 Å². The second-order valence-electron chi connectivity index (χ2n) is 15.7. The maximum atomic E-state index is 12.5. The minimum absolute atomic E-state index is 0.0737. The molecule has 0 saturated carbocycles. The van der Waals surface area contributed by atoms with Gasteiger partial charge in [0, 0.05) is 50.8 Å². The fraction of sp³-hybridized carbons (Fsp3) is 0.138. The number of benzene rings is 6. The largest absolute Gasteiger partial charge is 0.398 e. The van der Waals surface area contributed by atoms with Gasteiger partial charge in [-0.2, -0.15) is 0 Å². The zero-order valence-corrected chi connectivity index (χ0v) is 37.4. The number of para-hydroxylation sites is 2. The van der Waals surface area contributed by atoms with E-state index >= 15 is 0 Å². The topological polar surface area (TPSA) is 107 Å². The summed E-state index contributed by atoms with van der Waals surface area (Å²) in [6, 6.07) is 56.3. The van der Waals surface area contributed by atoms with Gasteiger partial charge in [-0.25, -0.2) is 15.0 Å². The Morgan fingerprint density at radius 1 is 0.431 bits per heavy atom. The molecule has 0 spiro atoms. The smallest absolute Gasteiger partial charge is 0.211 e. The molecule has 7 heteroatoms. The summed E-state index contributed by atoms with van der Waals surface area (Å²) >= 11 is 0. The lowest BCUT2D eigenvalue weighted by Gasteiger charge is -2.13. The van der Waals surface area contributed by atoms with Crippen LogP contribution in [-0.4, -0.2) is 31.4 Å². The van der Waals surface area contributed by atoms with Gasteiger partial charge in [-0.05, 0) is 72.2 Å². The molecule has 10 rings (SSSR count). The predicted octanol–water partition coefficient (Wildman–Crippen LogP) is 13.5. The van der Waals surface area contributed by atoms with Crippen molar-refractivity contribution in [1.29, 1.82) is 0 Å². The van der Waals surface area contributed by atoms with E-state index in [0.717, 1.165) is 97.6 Å². The van der Waals surface area contributed by atoms with Crippen molar-refractivity contribution in [3.63, 3.8) is 0 Å². The molecule has 10 aromatic rings. The maximum Gasteiger partial charge on any atom is 0.211 e. The maximum absolute atomic E-state index is 12.5. The van der Waals surface area contributed by atoms with Crippen LogP contribution >= 0.6 is 0 Å². The molecule has 6 aromatic carbocycles. The van der Waals surface area contributed by atoms with Crippen LogP contribution in [0, 0.1) is 0 Å². The van der Waals surface area contributed by atoms with E-state index in [1.807, 2.05) is 66.9 Å². The molecule has 0 aliphatic heterocycles. The van der Waals surface area contributed by atoms with Crippen molar-refractivity contribution in [3.05, 3.63) is 227 Å². The van der Waals surface area contributed by atoms with Gasteiger partial charge in [0.15, 0.2) is 0 Å². The number of aromatic nitrogens is 4. The number of aryl methyl sites for hydroxylation is 4. The Morgan fingerprint density at radius 2 is 0.846 bits per heavy atom. The van der Waals surface area contributed by atoms with Crippen molar-refractivity contribution in [1.82, 2.24) is 19.9 Å². The second kappa shape index (κ2) is 20.5. The third-order valence-corrected chi connectivity index (χ3v) is 11.7. The van der Waals surface area contributed by atoms with Gasteiger partial charge in [0.2, 0.25) is 5.78 Å². The van der Waals surface area contributed by atoms with Gasteiger partial charge in [-0.3, -0.25) is 14.8 Å². The summed E-state index contributed by atoms with van der Waals surface area (Å²) < 4.78 is 0. The number of anilines is 1. The van der Waals surface area contributed by atoms with Crippen LogP contribution in [0.3, 0.4) is 0 Å². The summed E-state index contributed by atoms with van der Waals surface area (Å²) in [7, 11) is 0. The summed E-state index contributed by atoms with van der Waals surface area (Å²) in [5, 5.41) is 4.17. The Morgan fingerprint density at radius 3 is 1.34 bits per heavy atom. The first-order valence-electron chi connectivity index (χ1n) is 22.4. The number of nitrogens with two attached hydrogens (primary N) is 1. The summed E-state index contributed by atoms with van der Waals surface area (Å²) in [6.07, 6.45) is 7.50. The molecule has 320 valence electrons. The zero-order chi connectivity index (χ0) is 45.1. The van der Waals surface area contributed by atoms with Crippen LogP contribution in [0.1, 0.15) is 77.3 Å². The summed E-state index contributed by atoms with van der Waals surface area (Å²) in [6.45, 7) is 8.63. The quantitative estimate of drug-likeness (QED) is 0.0671. The standard InChI is InChI=1S/C29H25N3.C19H12N2O.C10H15N/c1-3-20-12-8-13-21(4-2)26(20)32-27(22-10-6-5-7-11-22)25-18-17-24-16-15-23-14-9-19-30-28(23)29(24)31-25;22-19(15-5-2-1-3-6-15)16-11-10-14-9-8-13-7-4-12-20-17(13)18(14)21-16;1-3-8-6-5-7-9(4-2)10(8)11/h5-19H,3-4H2,1-2H3;1-12H;5-7H,3-4,11H2,1-2H3. The number of hydrogen-bond donors (Lipinski definition) is 1. The van der Waals surface area contributed by atoms with Gasteiger partial charge in [0.1, 0.15) is 5.69 Å². The van der Waals surface area contributed by atoms with Crippen LogP contribution in [0.25, 0.3) is 43.6 Å². The number of nitrogens with zero attached hydrogens (tertiary/aromatic N) is 5. The van der Waals surface area contributed by atoms with Gasteiger partial charge in [0.25, 0.3) is 0 Å². The molecule has 2 N–H and O–H groups in total. The lowest BCUT2D eigenvalue weighted by molar-refractivity contribution is 0.103. The van der Waals surface area contributed by atoms with E-state index in [0.29, 0.717) is 11.3 Å². The molecule has 0 aliphatic carbocycles. The number of aliphatic imine (C=N–C) groups is 1. The van der Waals surface area contributed by atoms with Crippen molar-refractivity contribution < 1.29 is 4.79 Å². The van der Waals surface area contributed by atoms with Crippen LogP contribution < -0.4 is 5.73 Å². The number of hydrogen-bond acceptors (Lipinski definition) is 7. The lowest BCUT2D eigenvalue weighted by Crippen LogP contribution is -2.07. The summed E-state index contributed by atoms with van der Waals surface area (Å²) in [5.41, 5.74) is 20.3. The highest BCUT2D eigenvalue weighted by Crippen LogP contribution is 2.30. The van der Waals surface area contributed by atoms with Crippen molar-refractivity contribution in [3.8, 4) is 0 Å². The monoisotopic (exact) mass is 848 g/mol. The molecule has 0 radical (unpaired) electrons. The minimum Gasteiger partial charge on any atom is -0.398 e. The number of carbonyl (C=O) groups excluding carboxylic acids is 1. The molecule has 7 nitrogen and oxygen atoms in total. The first-order chi connectivity index (χ1) is 31.9. The van der Waals surface area contributed by atoms with Gasteiger partial charge < -0.3 is 5.73 Å². The van der Waals surface area contributed by atoms with Crippen LogP contribution in [0.15, 0.2) is 187 Å². The first-order valence-corrected chi connectivity index (χ1v) is 22.4. The Labute approximate surface area is 380 Å². The van der Waals surface area contributed by atoms with E-state index < -0.39 is 0 Å². The number of pyridine rings is 4. The Hall–Kier alpha value is -7.90.